The average molecular weight is 383 g/mol. The van der Waals surface area contributed by atoms with Gasteiger partial charge in [0.15, 0.2) is 0 Å². The van der Waals surface area contributed by atoms with Gasteiger partial charge < -0.3 is 19.1 Å². The molecule has 2 aromatic rings. The third kappa shape index (κ3) is 3.54. The van der Waals surface area contributed by atoms with E-state index < -0.39 is 5.41 Å². The van der Waals surface area contributed by atoms with Gasteiger partial charge in [-0.15, -0.1) is 0 Å². The van der Waals surface area contributed by atoms with Crippen LogP contribution >= 0.6 is 0 Å². The smallest absolute Gasteiger partial charge is 0.278 e. The molecule has 2 fully saturated rings. The van der Waals surface area contributed by atoms with Crippen LogP contribution in [0.2, 0.25) is 0 Å². The van der Waals surface area contributed by atoms with Crippen molar-refractivity contribution >= 4 is 5.91 Å². The number of hydrogen-bond donors (Lipinski definition) is 0. The number of amides is 1. The Hall–Kier alpha value is -2.67. The number of ether oxygens (including phenoxy) is 3. The summed E-state index contributed by atoms with van der Waals surface area (Å²) in [6.07, 6.45) is 5.17. The number of carbonyl (C=O) groups excluding carboxylic acids is 1. The number of likely N-dealkylation sites (tertiary alicyclic amines) is 1. The van der Waals surface area contributed by atoms with Crippen molar-refractivity contribution in [2.75, 3.05) is 33.4 Å². The van der Waals surface area contributed by atoms with Crippen LogP contribution in [-0.2, 0) is 14.9 Å². The van der Waals surface area contributed by atoms with E-state index >= 15 is 0 Å². The van der Waals surface area contributed by atoms with Crippen LogP contribution in [0.25, 0.3) is 0 Å². The summed E-state index contributed by atoms with van der Waals surface area (Å²) in [5, 5.41) is 0. The molecular formula is C21H25N3O4. The normalized spacial score (nSPS) is 21.3. The Balaban J connectivity index is 1.50. The van der Waals surface area contributed by atoms with Crippen molar-refractivity contribution in [3.8, 4) is 11.8 Å². The van der Waals surface area contributed by atoms with Crippen molar-refractivity contribution in [3.63, 3.8) is 0 Å². The lowest BCUT2D eigenvalue weighted by molar-refractivity contribution is -0.140. The van der Waals surface area contributed by atoms with Gasteiger partial charge in [0, 0.05) is 38.6 Å². The lowest BCUT2D eigenvalue weighted by Gasteiger charge is -2.39. The molecule has 28 heavy (non-hydrogen) atoms. The molecular weight excluding hydrogens is 358 g/mol. The van der Waals surface area contributed by atoms with Gasteiger partial charge in [0.1, 0.15) is 6.10 Å². The molecule has 0 spiro atoms. The van der Waals surface area contributed by atoms with Gasteiger partial charge in [-0.3, -0.25) is 4.79 Å². The van der Waals surface area contributed by atoms with E-state index in [1.165, 1.54) is 7.11 Å². The summed E-state index contributed by atoms with van der Waals surface area (Å²) < 4.78 is 16.8. The second-order valence-corrected chi connectivity index (χ2v) is 7.21. The maximum atomic E-state index is 13.6. The van der Waals surface area contributed by atoms with E-state index in [9.17, 15) is 4.79 Å². The third-order valence-electron chi connectivity index (χ3n) is 5.62. The Morgan fingerprint density at radius 1 is 1.14 bits per heavy atom. The van der Waals surface area contributed by atoms with Gasteiger partial charge in [-0.25, -0.2) is 9.97 Å². The summed E-state index contributed by atoms with van der Waals surface area (Å²) in [5.41, 5.74) is 0.557. The van der Waals surface area contributed by atoms with Crippen LogP contribution in [0, 0.1) is 0 Å². The average Bonchev–Trinajstić information content (AvgIpc) is 3.23. The fourth-order valence-corrected chi connectivity index (χ4v) is 4.11. The lowest BCUT2D eigenvalue weighted by Crippen LogP contribution is -2.49. The van der Waals surface area contributed by atoms with Gasteiger partial charge in [0.2, 0.25) is 5.91 Å². The van der Waals surface area contributed by atoms with Crippen molar-refractivity contribution in [3.05, 3.63) is 48.3 Å². The number of benzene rings is 1. The fraction of sp³-hybridized carbons (Fsp3) is 0.476. The van der Waals surface area contributed by atoms with Crippen LogP contribution in [-0.4, -0.2) is 60.3 Å². The molecule has 0 N–H and O–H groups in total. The zero-order valence-electron chi connectivity index (χ0n) is 16.0. The van der Waals surface area contributed by atoms with Crippen molar-refractivity contribution in [2.45, 2.75) is 30.8 Å². The molecule has 148 valence electrons. The number of aromatic nitrogens is 2. The van der Waals surface area contributed by atoms with Crippen molar-refractivity contribution in [1.29, 1.82) is 0 Å². The highest BCUT2D eigenvalue weighted by Crippen LogP contribution is 2.38. The molecule has 1 amide bonds. The van der Waals surface area contributed by atoms with Gasteiger partial charge in [0.05, 0.1) is 19.1 Å². The molecule has 7 heteroatoms. The van der Waals surface area contributed by atoms with Crippen LogP contribution in [0.4, 0.5) is 0 Å². The molecule has 7 nitrogen and oxygen atoms in total. The second-order valence-electron chi connectivity index (χ2n) is 7.21. The molecule has 3 heterocycles. The molecule has 0 unspecified atom stereocenters. The first-order valence-corrected chi connectivity index (χ1v) is 9.67. The second kappa shape index (κ2) is 8.14. The van der Waals surface area contributed by atoms with E-state index in [2.05, 4.69) is 22.1 Å². The third-order valence-corrected chi connectivity index (χ3v) is 5.62. The molecule has 0 saturated carbocycles. The lowest BCUT2D eigenvalue weighted by atomic mass is 9.73. The van der Waals surface area contributed by atoms with E-state index in [-0.39, 0.29) is 12.0 Å². The van der Waals surface area contributed by atoms with Gasteiger partial charge in [-0.05, 0) is 18.4 Å². The van der Waals surface area contributed by atoms with Gasteiger partial charge in [-0.1, -0.05) is 30.3 Å². The summed E-state index contributed by atoms with van der Waals surface area (Å²) in [6.45, 7) is 2.41. The molecule has 2 aliphatic rings. The Morgan fingerprint density at radius 2 is 1.86 bits per heavy atom. The summed E-state index contributed by atoms with van der Waals surface area (Å²) in [6, 6.07) is 10.1. The summed E-state index contributed by atoms with van der Waals surface area (Å²) in [5.74, 6) is 0.893. The van der Waals surface area contributed by atoms with Gasteiger partial charge in [0.25, 0.3) is 11.8 Å². The van der Waals surface area contributed by atoms with Crippen molar-refractivity contribution < 1.29 is 19.0 Å². The van der Waals surface area contributed by atoms with E-state index in [4.69, 9.17) is 14.2 Å². The van der Waals surface area contributed by atoms with E-state index in [0.29, 0.717) is 50.9 Å². The highest BCUT2D eigenvalue weighted by atomic mass is 16.5. The highest BCUT2D eigenvalue weighted by molar-refractivity contribution is 5.88. The quantitative estimate of drug-likeness (QED) is 0.788. The van der Waals surface area contributed by atoms with Crippen LogP contribution in [0.3, 0.4) is 0 Å². The first-order valence-electron chi connectivity index (χ1n) is 9.67. The SMILES string of the molecule is COc1nccnc1O[C@@H]1CCN(C(=O)C2(c3ccccc3)CCOCC2)C1. The Bertz CT molecular complexity index is 808. The number of carbonyl (C=O) groups is 1. The van der Waals surface area contributed by atoms with Gasteiger partial charge in [-0.2, -0.15) is 0 Å². The van der Waals surface area contributed by atoms with E-state index in [0.717, 1.165) is 12.0 Å². The maximum absolute atomic E-state index is 13.6. The molecule has 1 atom stereocenters. The first kappa shape index (κ1) is 18.7. The minimum atomic E-state index is -0.515. The summed E-state index contributed by atoms with van der Waals surface area (Å²) >= 11 is 0. The number of rotatable bonds is 5. The molecule has 1 aromatic carbocycles. The van der Waals surface area contributed by atoms with Crippen LogP contribution in [0.5, 0.6) is 11.8 Å². The summed E-state index contributed by atoms with van der Waals surface area (Å²) in [7, 11) is 1.54. The Labute approximate surface area is 164 Å². The number of hydrogen-bond acceptors (Lipinski definition) is 6. The predicted molar refractivity (Wildman–Crippen MR) is 102 cm³/mol. The monoisotopic (exact) mass is 383 g/mol. The van der Waals surface area contributed by atoms with Crippen LogP contribution in [0.1, 0.15) is 24.8 Å². The predicted octanol–water partition coefficient (Wildman–Crippen LogP) is 2.21. The zero-order chi connectivity index (χ0) is 19.4. The summed E-state index contributed by atoms with van der Waals surface area (Å²) in [4.78, 5) is 23.8. The van der Waals surface area contributed by atoms with Crippen molar-refractivity contribution in [2.24, 2.45) is 0 Å². The molecule has 2 saturated heterocycles. The fourth-order valence-electron chi connectivity index (χ4n) is 4.11. The Kier molecular flexibility index (Phi) is 5.43. The topological polar surface area (TPSA) is 73.8 Å². The van der Waals surface area contributed by atoms with Crippen LogP contribution < -0.4 is 9.47 Å². The minimum absolute atomic E-state index is 0.123. The molecule has 4 rings (SSSR count). The number of nitrogens with zero attached hydrogens (tertiary/aromatic N) is 3. The Morgan fingerprint density at radius 3 is 2.57 bits per heavy atom. The molecule has 1 aromatic heterocycles. The van der Waals surface area contributed by atoms with E-state index in [1.807, 2.05) is 23.1 Å². The highest BCUT2D eigenvalue weighted by Gasteiger charge is 2.45. The minimum Gasteiger partial charge on any atom is -0.477 e. The number of methoxy groups -OCH3 is 1. The van der Waals surface area contributed by atoms with Crippen molar-refractivity contribution in [1.82, 2.24) is 14.9 Å². The molecule has 0 radical (unpaired) electrons. The standard InChI is InChI=1S/C21H25N3O4/c1-26-18-19(23-11-10-22-18)28-17-7-12-24(15-17)20(25)21(8-13-27-14-9-21)16-5-3-2-4-6-16/h2-6,10-11,17H,7-9,12-15H2,1H3/t17-/m1/s1. The largest absolute Gasteiger partial charge is 0.477 e. The molecule has 0 aliphatic carbocycles. The molecule has 0 bridgehead atoms. The van der Waals surface area contributed by atoms with Crippen LogP contribution in [0.15, 0.2) is 42.7 Å². The zero-order valence-corrected chi connectivity index (χ0v) is 16.0. The first-order chi connectivity index (χ1) is 13.7. The molecule has 2 aliphatic heterocycles. The van der Waals surface area contributed by atoms with Gasteiger partial charge >= 0.3 is 0 Å². The maximum Gasteiger partial charge on any atom is 0.278 e. The van der Waals surface area contributed by atoms with E-state index in [1.54, 1.807) is 12.4 Å².